The summed E-state index contributed by atoms with van der Waals surface area (Å²) in [6, 6.07) is 0. The van der Waals surface area contributed by atoms with Gasteiger partial charge < -0.3 is 15.1 Å². The lowest BCUT2D eigenvalue weighted by molar-refractivity contribution is -0.135. The van der Waals surface area contributed by atoms with Gasteiger partial charge in [0.2, 0.25) is 11.8 Å². The normalized spacial score (nSPS) is 31.3. The van der Waals surface area contributed by atoms with Crippen molar-refractivity contribution in [1.82, 2.24) is 20.0 Å². The lowest BCUT2D eigenvalue weighted by atomic mass is 9.79. The SMILES string of the molecule is CN1CCCN(CC(=O)N2CCC3(CCCNC3=O)C2)CC1. The van der Waals surface area contributed by atoms with Gasteiger partial charge in [-0.05, 0) is 45.8 Å². The molecule has 0 bridgehead atoms. The largest absolute Gasteiger partial charge is 0.356 e. The van der Waals surface area contributed by atoms with Gasteiger partial charge in [-0.2, -0.15) is 0 Å². The van der Waals surface area contributed by atoms with Crippen molar-refractivity contribution in [3.8, 4) is 0 Å². The summed E-state index contributed by atoms with van der Waals surface area (Å²) in [5.74, 6) is 0.352. The summed E-state index contributed by atoms with van der Waals surface area (Å²) in [5.41, 5.74) is -0.299. The number of carbonyl (C=O) groups excluding carboxylic acids is 2. The van der Waals surface area contributed by atoms with Gasteiger partial charge in [-0.1, -0.05) is 0 Å². The smallest absolute Gasteiger partial charge is 0.236 e. The number of nitrogens with one attached hydrogen (secondary N) is 1. The van der Waals surface area contributed by atoms with E-state index in [0.717, 1.165) is 65.0 Å². The zero-order valence-electron chi connectivity index (χ0n) is 13.6. The average Bonchev–Trinajstić information content (AvgIpc) is 2.82. The highest BCUT2D eigenvalue weighted by Crippen LogP contribution is 2.37. The Kier molecular flexibility index (Phi) is 4.68. The second-order valence-corrected chi connectivity index (χ2v) is 7.14. The van der Waals surface area contributed by atoms with Crippen molar-refractivity contribution in [2.75, 3.05) is 59.4 Å². The van der Waals surface area contributed by atoms with Crippen LogP contribution in [0.5, 0.6) is 0 Å². The molecule has 0 aromatic heterocycles. The van der Waals surface area contributed by atoms with E-state index in [9.17, 15) is 9.59 Å². The van der Waals surface area contributed by atoms with Crippen molar-refractivity contribution in [3.63, 3.8) is 0 Å². The quantitative estimate of drug-likeness (QED) is 0.764. The minimum atomic E-state index is -0.299. The number of rotatable bonds is 2. The Morgan fingerprint density at radius 2 is 2.00 bits per heavy atom. The Morgan fingerprint density at radius 1 is 1.14 bits per heavy atom. The summed E-state index contributed by atoms with van der Waals surface area (Å²) in [4.78, 5) is 31.3. The van der Waals surface area contributed by atoms with Gasteiger partial charge in [0, 0.05) is 32.7 Å². The van der Waals surface area contributed by atoms with Crippen LogP contribution >= 0.6 is 0 Å². The molecule has 0 aliphatic carbocycles. The van der Waals surface area contributed by atoms with Crippen LogP contribution in [0, 0.1) is 5.41 Å². The van der Waals surface area contributed by atoms with E-state index in [4.69, 9.17) is 0 Å². The van der Waals surface area contributed by atoms with Crippen LogP contribution in [0.25, 0.3) is 0 Å². The van der Waals surface area contributed by atoms with E-state index in [0.29, 0.717) is 13.1 Å². The summed E-state index contributed by atoms with van der Waals surface area (Å²) >= 11 is 0. The van der Waals surface area contributed by atoms with E-state index in [2.05, 4.69) is 22.2 Å². The fraction of sp³-hybridized carbons (Fsp3) is 0.875. The summed E-state index contributed by atoms with van der Waals surface area (Å²) in [5, 5.41) is 2.98. The van der Waals surface area contributed by atoms with Gasteiger partial charge in [-0.15, -0.1) is 0 Å². The molecule has 0 radical (unpaired) electrons. The van der Waals surface area contributed by atoms with Gasteiger partial charge in [0.15, 0.2) is 0 Å². The Balaban J connectivity index is 1.54. The lowest BCUT2D eigenvalue weighted by Gasteiger charge is -2.32. The molecule has 1 spiro atoms. The standard InChI is InChI=1S/C16H28N4O2/c1-18-7-3-8-19(11-10-18)12-14(21)20-9-5-16(13-20)4-2-6-17-15(16)22/h2-13H2,1H3,(H,17,22). The third kappa shape index (κ3) is 3.27. The Bertz CT molecular complexity index is 442. The molecule has 1 atom stereocenters. The summed E-state index contributed by atoms with van der Waals surface area (Å²) < 4.78 is 0. The minimum Gasteiger partial charge on any atom is -0.356 e. The summed E-state index contributed by atoms with van der Waals surface area (Å²) in [6.07, 6.45) is 3.91. The van der Waals surface area contributed by atoms with E-state index in [1.807, 2.05) is 4.90 Å². The molecule has 1 N–H and O–H groups in total. The fourth-order valence-corrected chi connectivity index (χ4v) is 3.95. The molecule has 6 heteroatoms. The maximum absolute atomic E-state index is 12.6. The summed E-state index contributed by atoms with van der Waals surface area (Å²) in [6.45, 7) is 6.74. The van der Waals surface area contributed by atoms with E-state index in [1.165, 1.54) is 0 Å². The number of hydrogen-bond donors (Lipinski definition) is 1. The first-order chi connectivity index (χ1) is 10.6. The molecule has 0 saturated carbocycles. The molecule has 3 aliphatic heterocycles. The van der Waals surface area contributed by atoms with E-state index >= 15 is 0 Å². The van der Waals surface area contributed by atoms with Crippen LogP contribution in [0.2, 0.25) is 0 Å². The van der Waals surface area contributed by atoms with Crippen LogP contribution in [0.4, 0.5) is 0 Å². The molecule has 1 unspecified atom stereocenters. The molecule has 3 rings (SSSR count). The van der Waals surface area contributed by atoms with Crippen molar-refractivity contribution < 1.29 is 9.59 Å². The number of amides is 2. The number of likely N-dealkylation sites (N-methyl/N-ethyl adjacent to an activating group) is 1. The minimum absolute atomic E-state index is 0.158. The van der Waals surface area contributed by atoms with E-state index < -0.39 is 0 Å². The van der Waals surface area contributed by atoms with Gasteiger partial charge in [0.05, 0.1) is 12.0 Å². The number of carbonyl (C=O) groups is 2. The first kappa shape index (κ1) is 15.7. The molecule has 6 nitrogen and oxygen atoms in total. The van der Waals surface area contributed by atoms with Gasteiger partial charge in [-0.3, -0.25) is 14.5 Å². The van der Waals surface area contributed by atoms with Crippen LogP contribution in [0.15, 0.2) is 0 Å². The van der Waals surface area contributed by atoms with Crippen LogP contribution in [-0.4, -0.2) is 85.9 Å². The van der Waals surface area contributed by atoms with Crippen molar-refractivity contribution in [2.45, 2.75) is 25.7 Å². The maximum atomic E-state index is 12.6. The molecule has 0 aromatic carbocycles. The Morgan fingerprint density at radius 3 is 2.82 bits per heavy atom. The predicted molar refractivity (Wildman–Crippen MR) is 84.4 cm³/mol. The first-order valence-electron chi connectivity index (χ1n) is 8.56. The number of likely N-dealkylation sites (tertiary alicyclic amines) is 1. The zero-order valence-corrected chi connectivity index (χ0v) is 13.6. The highest BCUT2D eigenvalue weighted by Gasteiger charge is 2.46. The average molecular weight is 308 g/mol. The van der Waals surface area contributed by atoms with Crippen LogP contribution < -0.4 is 5.32 Å². The fourth-order valence-electron chi connectivity index (χ4n) is 3.95. The van der Waals surface area contributed by atoms with Gasteiger partial charge in [-0.25, -0.2) is 0 Å². The molecule has 3 aliphatic rings. The molecule has 0 aromatic rings. The number of hydrogen-bond acceptors (Lipinski definition) is 4. The molecule has 3 heterocycles. The highest BCUT2D eigenvalue weighted by atomic mass is 16.2. The van der Waals surface area contributed by atoms with E-state index in [-0.39, 0.29) is 17.2 Å². The van der Waals surface area contributed by atoms with Crippen LogP contribution in [-0.2, 0) is 9.59 Å². The molecule has 2 amide bonds. The first-order valence-corrected chi connectivity index (χ1v) is 8.56. The topological polar surface area (TPSA) is 55.9 Å². The Hall–Kier alpha value is -1.14. The second-order valence-electron chi connectivity index (χ2n) is 7.14. The second kappa shape index (κ2) is 6.54. The monoisotopic (exact) mass is 308 g/mol. The van der Waals surface area contributed by atoms with Crippen molar-refractivity contribution in [3.05, 3.63) is 0 Å². The molecule has 22 heavy (non-hydrogen) atoms. The zero-order chi connectivity index (χ0) is 15.6. The third-order valence-electron chi connectivity index (χ3n) is 5.48. The molecular weight excluding hydrogens is 280 g/mol. The number of piperidine rings is 1. The molecule has 124 valence electrons. The molecule has 3 fully saturated rings. The van der Waals surface area contributed by atoms with Crippen LogP contribution in [0.3, 0.4) is 0 Å². The predicted octanol–water partition coefficient (Wildman–Crippen LogP) is -0.247. The molecule has 3 saturated heterocycles. The number of nitrogens with zero attached hydrogens (tertiary/aromatic N) is 3. The van der Waals surface area contributed by atoms with Crippen molar-refractivity contribution >= 4 is 11.8 Å². The van der Waals surface area contributed by atoms with Crippen molar-refractivity contribution in [1.29, 1.82) is 0 Å². The van der Waals surface area contributed by atoms with Gasteiger partial charge in [0.1, 0.15) is 0 Å². The Labute approximate surface area is 132 Å². The van der Waals surface area contributed by atoms with Crippen molar-refractivity contribution in [2.24, 2.45) is 5.41 Å². The van der Waals surface area contributed by atoms with Crippen LogP contribution in [0.1, 0.15) is 25.7 Å². The van der Waals surface area contributed by atoms with Gasteiger partial charge >= 0.3 is 0 Å². The third-order valence-corrected chi connectivity index (χ3v) is 5.48. The summed E-state index contributed by atoms with van der Waals surface area (Å²) in [7, 11) is 2.14. The highest BCUT2D eigenvalue weighted by molar-refractivity contribution is 5.86. The molecular formula is C16H28N4O2. The van der Waals surface area contributed by atoms with Gasteiger partial charge in [0.25, 0.3) is 0 Å². The maximum Gasteiger partial charge on any atom is 0.236 e. The van der Waals surface area contributed by atoms with E-state index in [1.54, 1.807) is 0 Å². The lowest BCUT2D eigenvalue weighted by Crippen LogP contribution is -2.48.